The van der Waals surface area contributed by atoms with Crippen LogP contribution in [0.5, 0.6) is 5.75 Å². The second-order valence-electron chi connectivity index (χ2n) is 6.93. The van der Waals surface area contributed by atoms with Crippen molar-refractivity contribution in [3.05, 3.63) is 64.7 Å². The Morgan fingerprint density at radius 1 is 0.938 bits per heavy atom. The monoisotopic (exact) mass is 466 g/mol. The molecule has 2 aromatic carbocycles. The lowest BCUT2D eigenvalue weighted by Gasteiger charge is -2.34. The topological polar surface area (TPSA) is 91.0 Å². The molecule has 0 aromatic heterocycles. The Kier molecular flexibility index (Phi) is 7.96. The van der Waals surface area contributed by atoms with Crippen LogP contribution in [0.3, 0.4) is 0 Å². The van der Waals surface area contributed by atoms with Crippen LogP contribution in [0.1, 0.15) is 20.7 Å². The van der Waals surface area contributed by atoms with E-state index in [1.807, 2.05) is 4.90 Å². The highest BCUT2D eigenvalue weighted by Gasteiger charge is 2.26. The molecule has 0 unspecified atom stereocenters. The summed E-state index contributed by atoms with van der Waals surface area (Å²) in [6, 6.07) is 12.3. The van der Waals surface area contributed by atoms with Gasteiger partial charge in [0, 0.05) is 26.2 Å². The van der Waals surface area contributed by atoms with Gasteiger partial charge in [0.05, 0.1) is 22.7 Å². The smallest absolute Gasteiger partial charge is 0.387 e. The molecule has 1 saturated heterocycles. The van der Waals surface area contributed by atoms with Gasteiger partial charge in [-0.05, 0) is 24.3 Å². The average molecular weight is 467 g/mol. The molecular formula is C21H21ClF2N4O4. The third-order valence-corrected chi connectivity index (χ3v) is 5.12. The van der Waals surface area contributed by atoms with E-state index >= 15 is 0 Å². The Morgan fingerprint density at radius 3 is 2.22 bits per heavy atom. The highest BCUT2D eigenvalue weighted by molar-refractivity contribution is 6.33. The number of nitrogens with one attached hydrogen (secondary N) is 2. The number of piperazine rings is 1. The van der Waals surface area contributed by atoms with Crippen molar-refractivity contribution in [3.8, 4) is 5.75 Å². The summed E-state index contributed by atoms with van der Waals surface area (Å²) in [4.78, 5) is 40.3. The van der Waals surface area contributed by atoms with Crippen LogP contribution in [0, 0.1) is 0 Å². The molecule has 8 nitrogen and oxygen atoms in total. The highest BCUT2D eigenvalue weighted by Crippen LogP contribution is 2.22. The van der Waals surface area contributed by atoms with Crippen molar-refractivity contribution in [2.24, 2.45) is 0 Å². The maximum Gasteiger partial charge on any atom is 0.387 e. The molecule has 1 fully saturated rings. The van der Waals surface area contributed by atoms with E-state index in [9.17, 15) is 23.2 Å². The molecule has 11 heteroatoms. The van der Waals surface area contributed by atoms with E-state index in [-0.39, 0.29) is 28.4 Å². The number of alkyl halides is 2. The molecule has 0 radical (unpaired) electrons. The number of para-hydroxylation sites is 1. The van der Waals surface area contributed by atoms with Gasteiger partial charge in [0.25, 0.3) is 17.7 Å². The third-order valence-electron chi connectivity index (χ3n) is 4.79. The Hall–Kier alpha value is -3.24. The van der Waals surface area contributed by atoms with Gasteiger partial charge in [0.1, 0.15) is 5.75 Å². The van der Waals surface area contributed by atoms with Gasteiger partial charge >= 0.3 is 6.61 Å². The number of carbonyl (C=O) groups is 3. The summed E-state index contributed by atoms with van der Waals surface area (Å²) in [6.45, 7) is -1.61. The SMILES string of the molecule is O=C(CN1CCN(C(=O)c2ccccc2OC(F)F)CC1)NNC(=O)c1ccccc1Cl. The first kappa shape index (κ1) is 23.4. The van der Waals surface area contributed by atoms with Gasteiger partial charge in [-0.2, -0.15) is 8.78 Å². The molecule has 3 rings (SSSR count). The van der Waals surface area contributed by atoms with Crippen LogP contribution in [0.4, 0.5) is 8.78 Å². The summed E-state index contributed by atoms with van der Waals surface area (Å²) in [6.07, 6.45) is 0. The normalized spacial score (nSPS) is 14.2. The summed E-state index contributed by atoms with van der Waals surface area (Å²) in [5.74, 6) is -1.56. The summed E-state index contributed by atoms with van der Waals surface area (Å²) >= 11 is 5.95. The first-order valence-electron chi connectivity index (χ1n) is 9.74. The molecule has 1 aliphatic heterocycles. The quantitative estimate of drug-likeness (QED) is 0.637. The van der Waals surface area contributed by atoms with Crippen LogP contribution in [-0.4, -0.2) is 66.9 Å². The lowest BCUT2D eigenvalue weighted by molar-refractivity contribution is -0.123. The second kappa shape index (κ2) is 10.9. The minimum Gasteiger partial charge on any atom is -0.434 e. The minimum absolute atomic E-state index is 0.00983. The van der Waals surface area contributed by atoms with Crippen molar-refractivity contribution in [2.75, 3.05) is 32.7 Å². The number of ether oxygens (including phenoxy) is 1. The van der Waals surface area contributed by atoms with Gasteiger partial charge in [0.15, 0.2) is 0 Å². The van der Waals surface area contributed by atoms with Crippen LogP contribution in [0.2, 0.25) is 5.02 Å². The van der Waals surface area contributed by atoms with Crippen LogP contribution < -0.4 is 15.6 Å². The van der Waals surface area contributed by atoms with Crippen molar-refractivity contribution < 1.29 is 27.9 Å². The third kappa shape index (κ3) is 6.14. The fourth-order valence-electron chi connectivity index (χ4n) is 3.20. The molecule has 1 heterocycles. The lowest BCUT2D eigenvalue weighted by Crippen LogP contribution is -2.53. The van der Waals surface area contributed by atoms with Crippen LogP contribution in [-0.2, 0) is 4.79 Å². The predicted molar refractivity (Wildman–Crippen MR) is 112 cm³/mol. The summed E-state index contributed by atoms with van der Waals surface area (Å²) in [7, 11) is 0. The molecule has 0 spiro atoms. The van der Waals surface area contributed by atoms with E-state index in [0.29, 0.717) is 26.2 Å². The van der Waals surface area contributed by atoms with E-state index in [1.54, 1.807) is 24.3 Å². The van der Waals surface area contributed by atoms with Gasteiger partial charge < -0.3 is 9.64 Å². The standard InChI is InChI=1S/C21H21ClF2N4O4/c22-16-7-3-1-5-14(16)19(30)26-25-18(29)13-27-9-11-28(12-10-27)20(31)15-6-2-4-8-17(15)32-21(23)24/h1-8,21H,9-13H2,(H,25,29)(H,26,30). The van der Waals surface area contributed by atoms with Crippen molar-refractivity contribution in [3.63, 3.8) is 0 Å². The average Bonchev–Trinajstić information content (AvgIpc) is 2.78. The number of benzene rings is 2. The largest absolute Gasteiger partial charge is 0.434 e. The van der Waals surface area contributed by atoms with Crippen LogP contribution >= 0.6 is 11.6 Å². The van der Waals surface area contributed by atoms with Gasteiger partial charge in [-0.3, -0.25) is 30.1 Å². The molecule has 170 valence electrons. The number of rotatable bonds is 6. The molecule has 2 aromatic rings. The Morgan fingerprint density at radius 2 is 1.56 bits per heavy atom. The van der Waals surface area contributed by atoms with E-state index < -0.39 is 24.3 Å². The molecule has 0 atom stereocenters. The number of carbonyl (C=O) groups excluding carboxylic acids is 3. The van der Waals surface area contributed by atoms with Crippen molar-refractivity contribution in [2.45, 2.75) is 6.61 Å². The molecule has 2 N–H and O–H groups in total. The van der Waals surface area contributed by atoms with E-state index in [0.717, 1.165) is 0 Å². The van der Waals surface area contributed by atoms with Crippen molar-refractivity contribution >= 4 is 29.3 Å². The van der Waals surface area contributed by atoms with Crippen molar-refractivity contribution in [1.29, 1.82) is 0 Å². The number of nitrogens with zero attached hydrogens (tertiary/aromatic N) is 2. The Bertz CT molecular complexity index is 984. The van der Waals surface area contributed by atoms with Gasteiger partial charge in [0.2, 0.25) is 0 Å². The van der Waals surface area contributed by atoms with E-state index in [2.05, 4.69) is 15.6 Å². The number of amides is 3. The number of halogens is 3. The minimum atomic E-state index is -3.03. The van der Waals surface area contributed by atoms with Gasteiger partial charge in [-0.15, -0.1) is 0 Å². The zero-order valence-corrected chi connectivity index (χ0v) is 17.6. The van der Waals surface area contributed by atoms with E-state index in [4.69, 9.17) is 11.6 Å². The zero-order valence-electron chi connectivity index (χ0n) is 16.9. The molecule has 3 amide bonds. The number of hydrazine groups is 1. The number of hydrogen-bond donors (Lipinski definition) is 2. The summed E-state index contributed by atoms with van der Waals surface area (Å²) in [5.41, 5.74) is 4.93. The van der Waals surface area contributed by atoms with Gasteiger partial charge in [-0.25, -0.2) is 0 Å². The first-order chi connectivity index (χ1) is 15.3. The molecule has 1 aliphatic rings. The molecule has 0 bridgehead atoms. The summed E-state index contributed by atoms with van der Waals surface area (Å²) < 4.78 is 29.6. The molecular weight excluding hydrogens is 446 g/mol. The Balaban J connectivity index is 1.47. The number of hydrogen-bond acceptors (Lipinski definition) is 5. The fraction of sp³-hybridized carbons (Fsp3) is 0.286. The molecule has 0 aliphatic carbocycles. The van der Waals surface area contributed by atoms with Crippen LogP contribution in [0.15, 0.2) is 48.5 Å². The maximum absolute atomic E-state index is 12.7. The first-order valence-corrected chi connectivity index (χ1v) is 10.1. The summed E-state index contributed by atoms with van der Waals surface area (Å²) in [5, 5.41) is 0.264. The second-order valence-corrected chi connectivity index (χ2v) is 7.33. The predicted octanol–water partition coefficient (Wildman–Crippen LogP) is 2.16. The van der Waals surface area contributed by atoms with E-state index in [1.165, 1.54) is 29.2 Å². The zero-order chi connectivity index (χ0) is 23.1. The van der Waals surface area contributed by atoms with Gasteiger partial charge in [-0.1, -0.05) is 35.9 Å². The van der Waals surface area contributed by atoms with Crippen molar-refractivity contribution in [1.82, 2.24) is 20.7 Å². The maximum atomic E-state index is 12.7. The Labute approximate surface area is 188 Å². The molecule has 0 saturated carbocycles. The fourth-order valence-corrected chi connectivity index (χ4v) is 3.42. The van der Waals surface area contributed by atoms with Crippen LogP contribution in [0.25, 0.3) is 0 Å². The molecule has 32 heavy (non-hydrogen) atoms. The lowest BCUT2D eigenvalue weighted by atomic mass is 10.1. The highest BCUT2D eigenvalue weighted by atomic mass is 35.5.